The van der Waals surface area contributed by atoms with Crippen LogP contribution in [0.2, 0.25) is 0 Å². The van der Waals surface area contributed by atoms with Gasteiger partial charge >= 0.3 is 0 Å². The van der Waals surface area contributed by atoms with Crippen LogP contribution >= 0.6 is 0 Å². The third kappa shape index (κ3) is 4.81. The molecule has 0 aliphatic heterocycles. The van der Waals surface area contributed by atoms with Gasteiger partial charge in [0.25, 0.3) is 0 Å². The summed E-state index contributed by atoms with van der Waals surface area (Å²) in [5.41, 5.74) is 1.89. The quantitative estimate of drug-likeness (QED) is 0.828. The zero-order chi connectivity index (χ0) is 14.5. The molecule has 1 aromatic rings. The van der Waals surface area contributed by atoms with E-state index in [1.54, 1.807) is 0 Å². The van der Waals surface area contributed by atoms with Crippen molar-refractivity contribution < 1.29 is 4.79 Å². The van der Waals surface area contributed by atoms with Gasteiger partial charge in [0.05, 0.1) is 17.9 Å². The van der Waals surface area contributed by atoms with Crippen LogP contribution in [-0.2, 0) is 4.79 Å². The second-order valence-electron chi connectivity index (χ2n) is 5.55. The Bertz CT molecular complexity index is 427. The highest BCUT2D eigenvalue weighted by atomic mass is 16.2. The summed E-state index contributed by atoms with van der Waals surface area (Å²) in [7, 11) is 3.97. The number of hydrogen-bond donors (Lipinski definition) is 2. The molecule has 4 heteroatoms. The molecular formula is C15H25N3O. The maximum absolute atomic E-state index is 11.9. The summed E-state index contributed by atoms with van der Waals surface area (Å²) >= 11 is 0. The number of benzene rings is 1. The van der Waals surface area contributed by atoms with Gasteiger partial charge in [-0.25, -0.2) is 0 Å². The van der Waals surface area contributed by atoms with Gasteiger partial charge in [0.2, 0.25) is 5.91 Å². The summed E-state index contributed by atoms with van der Waals surface area (Å²) in [5, 5.41) is 6.20. The molecule has 2 N–H and O–H groups in total. The van der Waals surface area contributed by atoms with E-state index in [0.29, 0.717) is 0 Å². The van der Waals surface area contributed by atoms with E-state index < -0.39 is 0 Å². The molecule has 4 nitrogen and oxygen atoms in total. The van der Waals surface area contributed by atoms with Crippen LogP contribution in [0.15, 0.2) is 24.3 Å². The Hall–Kier alpha value is -1.71. The number of rotatable bonds is 6. The highest BCUT2D eigenvalue weighted by Gasteiger charge is 2.17. The van der Waals surface area contributed by atoms with Crippen molar-refractivity contribution in [3.63, 3.8) is 0 Å². The zero-order valence-electron chi connectivity index (χ0n) is 12.6. The Morgan fingerprint density at radius 1 is 1.26 bits per heavy atom. The summed E-state index contributed by atoms with van der Waals surface area (Å²) in [6, 6.07) is 7.95. The topological polar surface area (TPSA) is 44.4 Å². The van der Waals surface area contributed by atoms with E-state index >= 15 is 0 Å². The van der Waals surface area contributed by atoms with Crippen molar-refractivity contribution in [1.29, 1.82) is 0 Å². The molecule has 0 bridgehead atoms. The molecule has 0 fully saturated rings. The lowest BCUT2D eigenvalue weighted by atomic mass is 10.0. The second-order valence-corrected chi connectivity index (χ2v) is 5.55. The normalized spacial score (nSPS) is 11.0. The van der Waals surface area contributed by atoms with Gasteiger partial charge in [0.1, 0.15) is 0 Å². The molecule has 106 valence electrons. The van der Waals surface area contributed by atoms with Crippen LogP contribution in [-0.4, -0.2) is 32.1 Å². The van der Waals surface area contributed by atoms with Crippen molar-refractivity contribution in [3.8, 4) is 0 Å². The largest absolute Gasteiger partial charge is 0.376 e. The molecule has 0 spiro atoms. The summed E-state index contributed by atoms with van der Waals surface area (Å²) in [6.07, 6.45) is 0.910. The summed E-state index contributed by atoms with van der Waals surface area (Å²) in [5.74, 6) is 0.0143. The second kappa shape index (κ2) is 6.45. The number of hydrogen-bond acceptors (Lipinski definition) is 3. The van der Waals surface area contributed by atoms with Gasteiger partial charge in [-0.15, -0.1) is 0 Å². The summed E-state index contributed by atoms with van der Waals surface area (Å²) < 4.78 is 0. The van der Waals surface area contributed by atoms with Crippen molar-refractivity contribution in [2.45, 2.75) is 32.7 Å². The van der Waals surface area contributed by atoms with Gasteiger partial charge in [-0.1, -0.05) is 19.1 Å². The lowest BCUT2D eigenvalue weighted by Gasteiger charge is -2.25. The summed E-state index contributed by atoms with van der Waals surface area (Å²) in [4.78, 5) is 13.9. The van der Waals surface area contributed by atoms with Gasteiger partial charge in [-0.2, -0.15) is 0 Å². The molecule has 0 heterocycles. The zero-order valence-corrected chi connectivity index (χ0v) is 12.6. The number of carbonyl (C=O) groups excluding carboxylic acids is 1. The fourth-order valence-corrected chi connectivity index (χ4v) is 1.70. The third-order valence-corrected chi connectivity index (χ3v) is 3.19. The number of nitrogens with one attached hydrogen (secondary N) is 2. The summed E-state index contributed by atoms with van der Waals surface area (Å²) in [6.45, 7) is 6.40. The van der Waals surface area contributed by atoms with E-state index in [2.05, 4.69) is 17.6 Å². The van der Waals surface area contributed by atoms with Gasteiger partial charge in [-0.05, 0) is 32.4 Å². The minimum atomic E-state index is -0.153. The van der Waals surface area contributed by atoms with Crippen LogP contribution < -0.4 is 15.5 Å². The smallest absolute Gasteiger partial charge is 0.239 e. The van der Waals surface area contributed by atoms with Gasteiger partial charge < -0.3 is 15.5 Å². The van der Waals surface area contributed by atoms with Crippen LogP contribution in [0.4, 0.5) is 11.4 Å². The van der Waals surface area contributed by atoms with E-state index in [1.807, 2.05) is 57.1 Å². The first-order chi connectivity index (χ1) is 8.85. The first-order valence-corrected chi connectivity index (χ1v) is 6.67. The van der Waals surface area contributed by atoms with Crippen LogP contribution in [0.1, 0.15) is 27.2 Å². The molecule has 0 saturated carbocycles. The Kier molecular flexibility index (Phi) is 5.21. The van der Waals surface area contributed by atoms with Crippen LogP contribution in [0.5, 0.6) is 0 Å². The van der Waals surface area contributed by atoms with E-state index in [4.69, 9.17) is 0 Å². The molecule has 19 heavy (non-hydrogen) atoms. The predicted octanol–water partition coefficient (Wildman–Crippen LogP) is 2.47. The average molecular weight is 263 g/mol. The van der Waals surface area contributed by atoms with E-state index in [9.17, 15) is 4.79 Å². The monoisotopic (exact) mass is 263 g/mol. The van der Waals surface area contributed by atoms with Crippen molar-refractivity contribution in [3.05, 3.63) is 24.3 Å². The van der Waals surface area contributed by atoms with E-state index in [0.717, 1.165) is 17.8 Å². The molecule has 1 aromatic carbocycles. The molecule has 0 saturated heterocycles. The number of carbonyl (C=O) groups is 1. The Morgan fingerprint density at radius 3 is 2.47 bits per heavy atom. The van der Waals surface area contributed by atoms with Crippen LogP contribution in [0.25, 0.3) is 0 Å². The molecule has 0 atom stereocenters. The van der Waals surface area contributed by atoms with Gasteiger partial charge in [0.15, 0.2) is 0 Å². The molecule has 1 rings (SSSR count). The van der Waals surface area contributed by atoms with Crippen molar-refractivity contribution in [1.82, 2.24) is 5.32 Å². The van der Waals surface area contributed by atoms with Gasteiger partial charge in [0, 0.05) is 19.6 Å². The SMILES string of the molecule is CCC(C)(C)NC(=O)CNc1ccccc1N(C)C. The standard InChI is InChI=1S/C15H25N3O/c1-6-15(2,3)17-14(19)11-16-12-9-7-8-10-13(12)18(4)5/h7-10,16H,6,11H2,1-5H3,(H,17,19). The Morgan fingerprint density at radius 2 is 1.89 bits per heavy atom. The number of amides is 1. The number of nitrogens with zero attached hydrogens (tertiary/aromatic N) is 1. The van der Waals surface area contributed by atoms with Crippen molar-refractivity contribution in [2.75, 3.05) is 30.9 Å². The minimum Gasteiger partial charge on any atom is -0.376 e. The minimum absolute atomic E-state index is 0.0143. The van der Waals surface area contributed by atoms with Crippen LogP contribution in [0.3, 0.4) is 0 Å². The lowest BCUT2D eigenvalue weighted by Crippen LogP contribution is -2.45. The van der Waals surface area contributed by atoms with E-state index in [1.165, 1.54) is 0 Å². The molecule has 0 unspecified atom stereocenters. The highest BCUT2D eigenvalue weighted by Crippen LogP contribution is 2.22. The highest BCUT2D eigenvalue weighted by molar-refractivity contribution is 5.83. The first kappa shape index (κ1) is 15.3. The first-order valence-electron chi connectivity index (χ1n) is 6.67. The molecule has 0 aliphatic rings. The third-order valence-electron chi connectivity index (χ3n) is 3.19. The van der Waals surface area contributed by atoms with Crippen molar-refractivity contribution >= 4 is 17.3 Å². The fourth-order valence-electron chi connectivity index (χ4n) is 1.70. The maximum Gasteiger partial charge on any atom is 0.239 e. The number of para-hydroxylation sites is 2. The Balaban J connectivity index is 2.60. The average Bonchev–Trinajstić information content (AvgIpc) is 2.36. The predicted molar refractivity (Wildman–Crippen MR) is 81.8 cm³/mol. The van der Waals surface area contributed by atoms with Crippen LogP contribution in [0, 0.1) is 0 Å². The lowest BCUT2D eigenvalue weighted by molar-refractivity contribution is -0.121. The van der Waals surface area contributed by atoms with Crippen molar-refractivity contribution in [2.24, 2.45) is 0 Å². The van der Waals surface area contributed by atoms with E-state index in [-0.39, 0.29) is 18.0 Å². The van der Waals surface area contributed by atoms with Gasteiger partial charge in [-0.3, -0.25) is 4.79 Å². The fraction of sp³-hybridized carbons (Fsp3) is 0.533. The Labute approximate surface area is 116 Å². The molecule has 0 radical (unpaired) electrons. The number of anilines is 2. The molecule has 0 aromatic heterocycles. The molecular weight excluding hydrogens is 238 g/mol. The molecule has 0 aliphatic carbocycles. The maximum atomic E-state index is 11.9. The molecule has 1 amide bonds.